The molecule has 4 heterocycles. The Kier molecular flexibility index (Phi) is 4.72. The Morgan fingerprint density at radius 1 is 1.17 bits per heavy atom. The van der Waals surface area contributed by atoms with Gasteiger partial charge in [-0.15, -0.1) is 0 Å². The largest absolute Gasteiger partial charge is 0.472 e. The van der Waals surface area contributed by atoms with E-state index in [0.29, 0.717) is 35.7 Å². The van der Waals surface area contributed by atoms with Gasteiger partial charge in [0.25, 0.3) is 0 Å². The molecule has 158 valence electrons. The zero-order valence-corrected chi connectivity index (χ0v) is 17.1. The minimum atomic E-state index is -3.49. The highest BCUT2D eigenvalue weighted by molar-refractivity contribution is 7.90. The lowest BCUT2D eigenvalue weighted by Crippen LogP contribution is -2.56. The SMILES string of the molecule is CS(=O)(=O)c1ccc(-c2c[nH]c3c(OC4C5CNCC4COC5)ncnc23)c(F)c1. The molecule has 5 rings (SSSR count). The first-order valence-corrected chi connectivity index (χ1v) is 11.6. The van der Waals surface area contributed by atoms with Crippen molar-refractivity contribution in [1.82, 2.24) is 20.3 Å². The molecule has 2 fully saturated rings. The molecule has 1 aromatic carbocycles. The molecule has 2 aliphatic heterocycles. The van der Waals surface area contributed by atoms with Gasteiger partial charge in [-0.05, 0) is 12.1 Å². The second kappa shape index (κ2) is 7.29. The number of H-pyrrole nitrogens is 1. The van der Waals surface area contributed by atoms with Gasteiger partial charge in [0.2, 0.25) is 5.88 Å². The average Bonchev–Trinajstić information content (AvgIpc) is 3.12. The topological polar surface area (TPSA) is 106 Å². The number of aromatic amines is 1. The highest BCUT2D eigenvalue weighted by Crippen LogP contribution is 2.35. The Morgan fingerprint density at radius 3 is 2.63 bits per heavy atom. The van der Waals surface area contributed by atoms with Gasteiger partial charge in [0.05, 0.1) is 18.1 Å². The predicted octanol–water partition coefficient (Wildman–Crippen LogP) is 1.78. The summed E-state index contributed by atoms with van der Waals surface area (Å²) in [4.78, 5) is 11.6. The zero-order chi connectivity index (χ0) is 20.9. The molecule has 10 heteroatoms. The number of sulfone groups is 1. The molecule has 2 N–H and O–H groups in total. The van der Waals surface area contributed by atoms with E-state index < -0.39 is 15.7 Å². The first kappa shape index (κ1) is 19.4. The number of benzene rings is 1. The molecule has 2 bridgehead atoms. The third-order valence-electron chi connectivity index (χ3n) is 5.74. The van der Waals surface area contributed by atoms with Crippen LogP contribution >= 0.6 is 0 Å². The molecule has 2 aromatic heterocycles. The minimum Gasteiger partial charge on any atom is -0.472 e. The number of halogens is 1. The van der Waals surface area contributed by atoms with Crippen molar-refractivity contribution in [3.05, 3.63) is 36.5 Å². The molecule has 30 heavy (non-hydrogen) atoms. The van der Waals surface area contributed by atoms with Crippen LogP contribution in [0.5, 0.6) is 5.88 Å². The Hall–Kier alpha value is -2.56. The maximum atomic E-state index is 14.7. The van der Waals surface area contributed by atoms with Crippen molar-refractivity contribution in [2.75, 3.05) is 32.6 Å². The molecule has 2 unspecified atom stereocenters. The molecule has 0 spiro atoms. The highest BCUT2D eigenvalue weighted by Gasteiger charge is 2.39. The summed E-state index contributed by atoms with van der Waals surface area (Å²) in [6.07, 6.45) is 4.06. The average molecular weight is 432 g/mol. The molecular formula is C20H21FN4O4S. The van der Waals surface area contributed by atoms with E-state index >= 15 is 0 Å². The fourth-order valence-corrected chi connectivity index (χ4v) is 4.86. The van der Waals surface area contributed by atoms with Crippen LogP contribution in [0.2, 0.25) is 0 Å². The lowest BCUT2D eigenvalue weighted by Gasteiger charge is -2.41. The van der Waals surface area contributed by atoms with E-state index in [0.717, 1.165) is 25.4 Å². The number of rotatable bonds is 4. The summed E-state index contributed by atoms with van der Waals surface area (Å²) in [6, 6.07) is 3.87. The van der Waals surface area contributed by atoms with Crippen LogP contribution in [0.4, 0.5) is 4.39 Å². The van der Waals surface area contributed by atoms with Gasteiger partial charge < -0.3 is 19.8 Å². The molecule has 8 nitrogen and oxygen atoms in total. The number of piperidine rings is 1. The minimum absolute atomic E-state index is 0.0179. The van der Waals surface area contributed by atoms with Gasteiger partial charge in [0, 0.05) is 48.5 Å². The summed E-state index contributed by atoms with van der Waals surface area (Å²) in [7, 11) is -3.49. The van der Waals surface area contributed by atoms with E-state index in [9.17, 15) is 12.8 Å². The summed E-state index contributed by atoms with van der Waals surface area (Å²) in [5, 5.41) is 3.40. The number of nitrogens with one attached hydrogen (secondary N) is 2. The third kappa shape index (κ3) is 3.34. The van der Waals surface area contributed by atoms with Gasteiger partial charge in [0.15, 0.2) is 9.84 Å². The van der Waals surface area contributed by atoms with Crippen molar-refractivity contribution in [2.24, 2.45) is 11.8 Å². The number of aromatic nitrogens is 3. The standard InChI is InChI=1S/C20H21FN4O4S/c1-30(26,27)13-2-3-14(16(21)4-13)15-7-23-18-17(15)24-10-25-20(18)29-19-11-5-22-6-12(19)9-28-8-11/h2-4,7,10-12,19,22-23H,5-6,8-9H2,1H3. The van der Waals surface area contributed by atoms with Gasteiger partial charge in [-0.3, -0.25) is 0 Å². The van der Waals surface area contributed by atoms with Crippen LogP contribution in [-0.4, -0.2) is 62.0 Å². The van der Waals surface area contributed by atoms with Gasteiger partial charge in [-0.25, -0.2) is 17.8 Å². The first-order valence-electron chi connectivity index (χ1n) is 9.69. The van der Waals surface area contributed by atoms with E-state index in [4.69, 9.17) is 9.47 Å². The van der Waals surface area contributed by atoms with Gasteiger partial charge in [0.1, 0.15) is 29.3 Å². The Morgan fingerprint density at radius 2 is 1.93 bits per heavy atom. The molecule has 0 radical (unpaired) electrons. The first-order chi connectivity index (χ1) is 14.4. The summed E-state index contributed by atoms with van der Waals surface area (Å²) in [5.41, 5.74) is 1.87. The zero-order valence-electron chi connectivity index (χ0n) is 16.3. The Labute approximate surface area is 172 Å². The lowest BCUT2D eigenvalue weighted by molar-refractivity contribution is -0.0829. The molecule has 0 saturated carbocycles. The van der Waals surface area contributed by atoms with Crippen molar-refractivity contribution in [3.63, 3.8) is 0 Å². The molecule has 2 saturated heterocycles. The normalized spacial score (nSPS) is 24.1. The molecular weight excluding hydrogens is 411 g/mol. The Balaban J connectivity index is 1.51. The Bertz CT molecular complexity index is 1190. The van der Waals surface area contributed by atoms with Crippen molar-refractivity contribution < 1.29 is 22.3 Å². The summed E-state index contributed by atoms with van der Waals surface area (Å²) >= 11 is 0. The van der Waals surface area contributed by atoms with Crippen molar-refractivity contribution in [2.45, 2.75) is 11.0 Å². The fraction of sp³-hybridized carbons (Fsp3) is 0.400. The van der Waals surface area contributed by atoms with Gasteiger partial charge >= 0.3 is 0 Å². The van der Waals surface area contributed by atoms with E-state index in [1.165, 1.54) is 18.5 Å². The molecule has 3 aromatic rings. The second-order valence-corrected chi connectivity index (χ2v) is 9.83. The van der Waals surface area contributed by atoms with E-state index in [1.807, 2.05) is 0 Å². The van der Waals surface area contributed by atoms with Crippen molar-refractivity contribution in [1.29, 1.82) is 0 Å². The lowest BCUT2D eigenvalue weighted by atomic mass is 9.86. The molecule has 2 atom stereocenters. The van der Waals surface area contributed by atoms with Crippen LogP contribution in [0.1, 0.15) is 0 Å². The highest BCUT2D eigenvalue weighted by atomic mass is 32.2. The number of fused-ring (bicyclic) bond motifs is 3. The van der Waals surface area contributed by atoms with Crippen molar-refractivity contribution in [3.8, 4) is 17.0 Å². The molecule has 2 aliphatic rings. The molecule has 0 amide bonds. The number of hydrogen-bond acceptors (Lipinski definition) is 7. The quantitative estimate of drug-likeness (QED) is 0.647. The van der Waals surface area contributed by atoms with Crippen LogP contribution in [0.15, 0.2) is 35.6 Å². The van der Waals surface area contributed by atoms with Crippen molar-refractivity contribution >= 4 is 20.9 Å². The number of ether oxygens (including phenoxy) is 2. The summed E-state index contributed by atoms with van der Waals surface area (Å²) in [5.74, 6) is 0.254. The maximum Gasteiger partial charge on any atom is 0.241 e. The van der Waals surface area contributed by atoms with Gasteiger partial charge in [-0.2, -0.15) is 4.98 Å². The number of nitrogens with zero attached hydrogens (tertiary/aromatic N) is 2. The van der Waals surface area contributed by atoms with Crippen LogP contribution in [-0.2, 0) is 14.6 Å². The fourth-order valence-electron chi connectivity index (χ4n) is 4.23. The summed E-state index contributed by atoms with van der Waals surface area (Å²) in [6.45, 7) is 2.92. The van der Waals surface area contributed by atoms with Crippen LogP contribution in [0.3, 0.4) is 0 Å². The maximum absolute atomic E-state index is 14.7. The molecule has 0 aliphatic carbocycles. The van der Waals surface area contributed by atoms with E-state index in [1.54, 1.807) is 6.20 Å². The van der Waals surface area contributed by atoms with Crippen LogP contribution < -0.4 is 10.1 Å². The summed E-state index contributed by atoms with van der Waals surface area (Å²) < 4.78 is 50.1. The smallest absolute Gasteiger partial charge is 0.241 e. The van der Waals surface area contributed by atoms with Crippen LogP contribution in [0, 0.1) is 17.7 Å². The second-order valence-electron chi connectivity index (χ2n) is 7.82. The predicted molar refractivity (Wildman–Crippen MR) is 107 cm³/mol. The monoisotopic (exact) mass is 432 g/mol. The number of hydrogen-bond donors (Lipinski definition) is 2. The van der Waals surface area contributed by atoms with E-state index in [-0.39, 0.29) is 28.4 Å². The van der Waals surface area contributed by atoms with E-state index in [2.05, 4.69) is 20.3 Å². The third-order valence-corrected chi connectivity index (χ3v) is 6.85. The van der Waals surface area contributed by atoms with Gasteiger partial charge in [-0.1, -0.05) is 6.07 Å². The van der Waals surface area contributed by atoms with Crippen LogP contribution in [0.25, 0.3) is 22.2 Å².